The van der Waals surface area contributed by atoms with Crippen LogP contribution in [-0.4, -0.2) is 40.9 Å². The number of ether oxygens (including phenoxy) is 1. The zero-order valence-corrected chi connectivity index (χ0v) is 14.8. The van der Waals surface area contributed by atoms with Crippen LogP contribution in [0.5, 0.6) is 0 Å². The molecule has 1 rings (SSSR count). The van der Waals surface area contributed by atoms with E-state index in [-0.39, 0.29) is 17.7 Å². The van der Waals surface area contributed by atoms with Gasteiger partial charge in [0.2, 0.25) is 0 Å². The first-order chi connectivity index (χ1) is 10.6. The fourth-order valence-electron chi connectivity index (χ4n) is 3.44. The minimum absolute atomic E-state index is 0.174. The quantitative estimate of drug-likeness (QED) is 0.638. The molecule has 130 valence electrons. The highest BCUT2D eigenvalue weighted by Crippen LogP contribution is 2.38. The number of likely N-dealkylation sites (tertiary alicyclic amines) is 1. The topological polar surface area (TPSA) is 49.8 Å². The van der Waals surface area contributed by atoms with Crippen molar-refractivity contribution in [2.45, 2.75) is 96.6 Å². The Kier molecular flexibility index (Phi) is 8.84. The van der Waals surface area contributed by atoms with E-state index in [1.54, 1.807) is 0 Å². The number of amides is 1. The normalized spacial score (nSPS) is 20.9. The zero-order chi connectivity index (χ0) is 16.4. The highest BCUT2D eigenvalue weighted by molar-refractivity contribution is 5.69. The van der Waals surface area contributed by atoms with Gasteiger partial charge in [-0.25, -0.2) is 4.79 Å². The number of rotatable bonds is 9. The molecule has 4 nitrogen and oxygen atoms in total. The summed E-state index contributed by atoms with van der Waals surface area (Å²) in [6.45, 7) is 7.58. The lowest BCUT2D eigenvalue weighted by Crippen LogP contribution is -2.57. The number of carbonyl (C=O) groups is 1. The first-order valence-corrected chi connectivity index (χ1v) is 9.22. The number of nitrogens with zero attached hydrogens (tertiary/aromatic N) is 1. The van der Waals surface area contributed by atoms with Gasteiger partial charge in [0, 0.05) is 12.1 Å². The number of aliphatic hydroxyl groups excluding tert-OH is 1. The van der Waals surface area contributed by atoms with Gasteiger partial charge in [0.15, 0.2) is 0 Å². The second-order valence-corrected chi connectivity index (χ2v) is 6.70. The van der Waals surface area contributed by atoms with Crippen LogP contribution in [0.3, 0.4) is 0 Å². The average Bonchev–Trinajstić information content (AvgIpc) is 2.51. The highest BCUT2D eigenvalue weighted by Gasteiger charge is 2.44. The second kappa shape index (κ2) is 10.1. The molecule has 0 aromatic carbocycles. The Hall–Kier alpha value is -0.770. The van der Waals surface area contributed by atoms with E-state index in [2.05, 4.69) is 20.8 Å². The van der Waals surface area contributed by atoms with E-state index < -0.39 is 0 Å². The van der Waals surface area contributed by atoms with Crippen LogP contribution < -0.4 is 0 Å². The molecule has 4 heteroatoms. The molecule has 0 aliphatic carbocycles. The monoisotopic (exact) mass is 313 g/mol. The van der Waals surface area contributed by atoms with Crippen molar-refractivity contribution in [3.05, 3.63) is 0 Å². The molecule has 0 radical (unpaired) electrons. The molecule has 1 amide bonds. The molecule has 0 spiro atoms. The van der Waals surface area contributed by atoms with Gasteiger partial charge < -0.3 is 14.7 Å². The molecular formula is C18H35NO3. The summed E-state index contributed by atoms with van der Waals surface area (Å²) in [6.07, 6.45) is 9.23. The fourth-order valence-corrected chi connectivity index (χ4v) is 3.44. The molecule has 0 aromatic heterocycles. The number of piperidine rings is 1. The maximum absolute atomic E-state index is 12.5. The van der Waals surface area contributed by atoms with Crippen LogP contribution in [0.4, 0.5) is 4.79 Å². The van der Waals surface area contributed by atoms with E-state index in [0.717, 1.165) is 51.4 Å². The van der Waals surface area contributed by atoms with Crippen molar-refractivity contribution in [2.75, 3.05) is 13.2 Å². The third-order valence-electron chi connectivity index (χ3n) is 4.81. The Balaban J connectivity index is 2.83. The van der Waals surface area contributed by atoms with Gasteiger partial charge in [0.05, 0.1) is 12.7 Å². The molecular weight excluding hydrogens is 278 g/mol. The van der Waals surface area contributed by atoms with Crippen LogP contribution in [0.25, 0.3) is 0 Å². The standard InChI is InChI=1S/C18H35NO3/c1-4-7-11-18(12-8-5-2)15-16(20)10-13-19(18)17(21)22-14-9-6-3/h16,20H,4-15H2,1-3H3. The van der Waals surface area contributed by atoms with Crippen LogP contribution in [0.1, 0.15) is 85.0 Å². The molecule has 1 fully saturated rings. The van der Waals surface area contributed by atoms with Gasteiger partial charge in [-0.15, -0.1) is 0 Å². The Morgan fingerprint density at radius 1 is 1.14 bits per heavy atom. The van der Waals surface area contributed by atoms with Crippen molar-refractivity contribution in [1.29, 1.82) is 0 Å². The SMILES string of the molecule is CCCCOC(=O)N1CCC(O)CC1(CCCC)CCCC. The Labute approximate surface area is 136 Å². The molecule has 1 saturated heterocycles. The molecule has 1 atom stereocenters. The fraction of sp³-hybridized carbons (Fsp3) is 0.944. The van der Waals surface area contributed by atoms with Crippen LogP contribution in [-0.2, 0) is 4.74 Å². The summed E-state index contributed by atoms with van der Waals surface area (Å²) >= 11 is 0. The molecule has 0 saturated carbocycles. The first-order valence-electron chi connectivity index (χ1n) is 9.22. The van der Waals surface area contributed by atoms with E-state index in [4.69, 9.17) is 4.74 Å². The van der Waals surface area contributed by atoms with Crippen molar-refractivity contribution >= 4 is 6.09 Å². The molecule has 0 bridgehead atoms. The Morgan fingerprint density at radius 3 is 2.27 bits per heavy atom. The van der Waals surface area contributed by atoms with E-state index in [9.17, 15) is 9.90 Å². The van der Waals surface area contributed by atoms with Gasteiger partial charge in [0.1, 0.15) is 0 Å². The smallest absolute Gasteiger partial charge is 0.410 e. The molecule has 1 aliphatic rings. The predicted molar refractivity (Wildman–Crippen MR) is 90.0 cm³/mol. The second-order valence-electron chi connectivity index (χ2n) is 6.70. The van der Waals surface area contributed by atoms with E-state index in [1.807, 2.05) is 4.90 Å². The van der Waals surface area contributed by atoms with Crippen molar-refractivity contribution in [1.82, 2.24) is 4.90 Å². The minimum Gasteiger partial charge on any atom is -0.449 e. The number of aliphatic hydroxyl groups is 1. The average molecular weight is 313 g/mol. The third-order valence-corrected chi connectivity index (χ3v) is 4.81. The van der Waals surface area contributed by atoms with Crippen molar-refractivity contribution in [2.24, 2.45) is 0 Å². The van der Waals surface area contributed by atoms with Gasteiger partial charge in [0.25, 0.3) is 0 Å². The molecule has 1 heterocycles. The van der Waals surface area contributed by atoms with Gasteiger partial charge in [-0.3, -0.25) is 0 Å². The summed E-state index contributed by atoms with van der Waals surface area (Å²) in [7, 11) is 0. The molecule has 0 aromatic rings. The lowest BCUT2D eigenvalue weighted by atomic mass is 9.77. The summed E-state index contributed by atoms with van der Waals surface area (Å²) in [5.41, 5.74) is -0.201. The summed E-state index contributed by atoms with van der Waals surface area (Å²) in [5.74, 6) is 0. The summed E-state index contributed by atoms with van der Waals surface area (Å²) in [6, 6.07) is 0. The van der Waals surface area contributed by atoms with Gasteiger partial charge in [-0.1, -0.05) is 52.9 Å². The van der Waals surface area contributed by atoms with Crippen LogP contribution in [0.15, 0.2) is 0 Å². The largest absolute Gasteiger partial charge is 0.449 e. The van der Waals surface area contributed by atoms with Crippen LogP contribution in [0.2, 0.25) is 0 Å². The molecule has 22 heavy (non-hydrogen) atoms. The number of carbonyl (C=O) groups excluding carboxylic acids is 1. The van der Waals surface area contributed by atoms with E-state index in [1.165, 1.54) is 0 Å². The number of hydrogen-bond donors (Lipinski definition) is 1. The van der Waals surface area contributed by atoms with E-state index >= 15 is 0 Å². The van der Waals surface area contributed by atoms with Crippen molar-refractivity contribution in [3.63, 3.8) is 0 Å². The number of unbranched alkanes of at least 4 members (excludes halogenated alkanes) is 3. The lowest BCUT2D eigenvalue weighted by Gasteiger charge is -2.48. The lowest BCUT2D eigenvalue weighted by molar-refractivity contribution is -0.0307. The predicted octanol–water partition coefficient (Wildman–Crippen LogP) is 4.50. The van der Waals surface area contributed by atoms with Gasteiger partial charge >= 0.3 is 6.09 Å². The molecule has 1 aliphatic heterocycles. The summed E-state index contributed by atoms with van der Waals surface area (Å²) in [5, 5.41) is 10.2. The summed E-state index contributed by atoms with van der Waals surface area (Å²) < 4.78 is 5.48. The van der Waals surface area contributed by atoms with Gasteiger partial charge in [-0.05, 0) is 32.1 Å². The maximum atomic E-state index is 12.5. The third kappa shape index (κ3) is 5.45. The molecule has 1 unspecified atom stereocenters. The molecule has 1 N–H and O–H groups in total. The highest BCUT2D eigenvalue weighted by atomic mass is 16.6. The Bertz CT molecular complexity index is 311. The van der Waals surface area contributed by atoms with Crippen LogP contribution in [0, 0.1) is 0 Å². The first kappa shape index (κ1) is 19.3. The van der Waals surface area contributed by atoms with Crippen molar-refractivity contribution in [3.8, 4) is 0 Å². The zero-order valence-electron chi connectivity index (χ0n) is 14.8. The van der Waals surface area contributed by atoms with E-state index in [0.29, 0.717) is 26.0 Å². The van der Waals surface area contributed by atoms with Crippen LogP contribution >= 0.6 is 0 Å². The van der Waals surface area contributed by atoms with Crippen molar-refractivity contribution < 1.29 is 14.6 Å². The maximum Gasteiger partial charge on any atom is 0.410 e. The minimum atomic E-state index is -0.284. The Morgan fingerprint density at radius 2 is 1.73 bits per heavy atom. The number of hydrogen-bond acceptors (Lipinski definition) is 3. The van der Waals surface area contributed by atoms with Gasteiger partial charge in [-0.2, -0.15) is 0 Å². The summed E-state index contributed by atoms with van der Waals surface area (Å²) in [4.78, 5) is 14.5.